The summed E-state index contributed by atoms with van der Waals surface area (Å²) < 4.78 is 77.8. The SMILES string of the molecule is Cc1c(C(=O)[O-])sc2nc(Cc3cc(C(F)(F)F)cc(C(F)(F)F)c3)[nH]c(=O)c12. The lowest BCUT2D eigenvalue weighted by atomic mass is 10.0. The molecule has 29 heavy (non-hydrogen) atoms. The zero-order valence-corrected chi connectivity index (χ0v) is 15.1. The van der Waals surface area contributed by atoms with E-state index in [9.17, 15) is 41.0 Å². The number of nitrogens with one attached hydrogen (secondary N) is 1. The number of hydrogen-bond donors (Lipinski definition) is 1. The van der Waals surface area contributed by atoms with Crippen LogP contribution in [-0.2, 0) is 18.8 Å². The summed E-state index contributed by atoms with van der Waals surface area (Å²) in [6, 6.07) is 1.06. The minimum absolute atomic E-state index is 0.00235. The number of alkyl halides is 6. The minimum Gasteiger partial charge on any atom is -0.544 e. The second kappa shape index (κ2) is 6.87. The number of aromatic amines is 1. The van der Waals surface area contributed by atoms with E-state index in [1.54, 1.807) is 0 Å². The highest BCUT2D eigenvalue weighted by molar-refractivity contribution is 7.20. The lowest BCUT2D eigenvalue weighted by Crippen LogP contribution is -2.21. The molecule has 0 bridgehead atoms. The monoisotopic (exact) mass is 435 g/mol. The highest BCUT2D eigenvalue weighted by Crippen LogP contribution is 2.36. The molecule has 3 rings (SSSR count). The number of nitrogens with zero attached hydrogens (tertiary/aromatic N) is 1. The molecule has 0 amide bonds. The molecule has 154 valence electrons. The molecule has 0 fully saturated rings. The molecule has 0 unspecified atom stereocenters. The molecular weight excluding hydrogens is 426 g/mol. The first-order valence-electron chi connectivity index (χ1n) is 7.79. The van der Waals surface area contributed by atoms with Gasteiger partial charge in [0, 0.05) is 6.42 Å². The van der Waals surface area contributed by atoms with E-state index >= 15 is 0 Å². The van der Waals surface area contributed by atoms with Gasteiger partial charge in [0.2, 0.25) is 0 Å². The topological polar surface area (TPSA) is 85.9 Å². The van der Waals surface area contributed by atoms with Crippen molar-refractivity contribution in [3.8, 4) is 0 Å². The van der Waals surface area contributed by atoms with Crippen molar-refractivity contribution in [1.29, 1.82) is 0 Å². The van der Waals surface area contributed by atoms with Gasteiger partial charge in [-0.2, -0.15) is 26.3 Å². The third kappa shape index (κ3) is 4.11. The van der Waals surface area contributed by atoms with E-state index in [1.165, 1.54) is 6.92 Å². The van der Waals surface area contributed by atoms with Gasteiger partial charge in [-0.3, -0.25) is 4.79 Å². The number of halogens is 6. The van der Waals surface area contributed by atoms with E-state index in [4.69, 9.17) is 0 Å². The van der Waals surface area contributed by atoms with Gasteiger partial charge in [-0.25, -0.2) is 4.98 Å². The molecular formula is C17H9F6N2O3S-. The van der Waals surface area contributed by atoms with Crippen molar-refractivity contribution >= 4 is 27.5 Å². The Bertz CT molecular complexity index is 1140. The Morgan fingerprint density at radius 3 is 2.14 bits per heavy atom. The van der Waals surface area contributed by atoms with Crippen LogP contribution in [-0.4, -0.2) is 15.9 Å². The summed E-state index contributed by atoms with van der Waals surface area (Å²) in [5.41, 5.74) is -3.99. The molecule has 1 N–H and O–H groups in total. The maximum atomic E-state index is 13.0. The van der Waals surface area contributed by atoms with Gasteiger partial charge < -0.3 is 14.9 Å². The van der Waals surface area contributed by atoms with Crippen LogP contribution in [0, 0.1) is 6.92 Å². The molecule has 0 radical (unpaired) electrons. The molecule has 0 aliphatic carbocycles. The first-order valence-corrected chi connectivity index (χ1v) is 8.61. The van der Waals surface area contributed by atoms with Crippen LogP contribution in [0.5, 0.6) is 0 Å². The summed E-state index contributed by atoms with van der Waals surface area (Å²) in [5.74, 6) is -1.74. The molecule has 2 heterocycles. The van der Waals surface area contributed by atoms with Gasteiger partial charge in [-0.15, -0.1) is 11.3 Å². The van der Waals surface area contributed by atoms with E-state index < -0.39 is 41.4 Å². The molecule has 1 aromatic carbocycles. The Morgan fingerprint density at radius 2 is 1.66 bits per heavy atom. The average Bonchev–Trinajstić information content (AvgIpc) is 2.90. The van der Waals surface area contributed by atoms with Crippen molar-refractivity contribution in [2.24, 2.45) is 0 Å². The lowest BCUT2D eigenvalue weighted by Gasteiger charge is -2.14. The number of fused-ring (bicyclic) bond motifs is 1. The number of carbonyl (C=O) groups is 1. The van der Waals surface area contributed by atoms with Crippen LogP contribution in [0.1, 0.15) is 37.7 Å². The molecule has 5 nitrogen and oxygen atoms in total. The maximum absolute atomic E-state index is 13.0. The maximum Gasteiger partial charge on any atom is 0.416 e. The van der Waals surface area contributed by atoms with Crippen LogP contribution in [0.4, 0.5) is 26.3 Å². The van der Waals surface area contributed by atoms with Crippen molar-refractivity contribution in [3.63, 3.8) is 0 Å². The normalized spacial score (nSPS) is 12.5. The number of aromatic carboxylic acids is 1. The molecule has 0 saturated heterocycles. The Kier molecular flexibility index (Phi) is 4.93. The predicted octanol–water partition coefficient (Wildman–Crippen LogP) is 3.28. The number of rotatable bonds is 3. The molecule has 2 aromatic heterocycles. The van der Waals surface area contributed by atoms with E-state index in [0.717, 1.165) is 0 Å². The Labute approximate surface area is 161 Å². The Balaban J connectivity index is 2.11. The summed E-state index contributed by atoms with van der Waals surface area (Å²) in [5, 5.41) is 11.1. The first-order chi connectivity index (χ1) is 13.3. The summed E-state index contributed by atoms with van der Waals surface area (Å²) in [4.78, 5) is 29.3. The quantitative estimate of drug-likeness (QED) is 0.640. The van der Waals surface area contributed by atoms with Gasteiger partial charge in [0.25, 0.3) is 5.56 Å². The van der Waals surface area contributed by atoms with Gasteiger partial charge in [0.05, 0.1) is 27.4 Å². The van der Waals surface area contributed by atoms with Crippen LogP contribution in [0.2, 0.25) is 0 Å². The molecule has 12 heteroatoms. The number of hydrogen-bond acceptors (Lipinski definition) is 5. The number of aryl methyl sites for hydroxylation is 1. The van der Waals surface area contributed by atoms with Gasteiger partial charge >= 0.3 is 12.4 Å². The fourth-order valence-corrected chi connectivity index (χ4v) is 3.82. The minimum atomic E-state index is -5.00. The van der Waals surface area contributed by atoms with Crippen LogP contribution < -0.4 is 10.7 Å². The van der Waals surface area contributed by atoms with Crippen molar-refractivity contribution in [3.05, 3.63) is 61.5 Å². The molecule has 0 atom stereocenters. The zero-order valence-electron chi connectivity index (χ0n) is 14.3. The first kappa shape index (κ1) is 20.8. The standard InChI is InChI=1S/C17H10F6N2O3S/c1-6-11-13(26)24-10(25-14(11)29-12(6)15(27)28)4-7-2-8(16(18,19)20)5-9(3-7)17(21,22)23/h2-3,5H,4H2,1H3,(H,27,28)(H,24,25,26)/p-1. The van der Waals surface area contributed by atoms with Crippen molar-refractivity contribution in [2.75, 3.05) is 0 Å². The smallest absolute Gasteiger partial charge is 0.416 e. The third-order valence-electron chi connectivity index (χ3n) is 4.05. The largest absolute Gasteiger partial charge is 0.544 e. The van der Waals surface area contributed by atoms with Crippen LogP contribution in [0.15, 0.2) is 23.0 Å². The van der Waals surface area contributed by atoms with Gasteiger partial charge in [0.15, 0.2) is 0 Å². The second-order valence-electron chi connectivity index (χ2n) is 6.13. The molecule has 0 saturated carbocycles. The third-order valence-corrected chi connectivity index (χ3v) is 5.22. The number of benzene rings is 1. The summed E-state index contributed by atoms with van der Waals surface area (Å²) in [7, 11) is 0. The fraction of sp³-hybridized carbons (Fsp3) is 0.235. The fourth-order valence-electron chi connectivity index (χ4n) is 2.78. The molecule has 0 spiro atoms. The lowest BCUT2D eigenvalue weighted by molar-refractivity contribution is -0.254. The van der Waals surface area contributed by atoms with Gasteiger partial charge in [0.1, 0.15) is 10.7 Å². The Hall–Kier alpha value is -2.89. The van der Waals surface area contributed by atoms with Crippen LogP contribution in [0.25, 0.3) is 10.2 Å². The number of H-pyrrole nitrogens is 1. The molecule has 3 aromatic rings. The van der Waals surface area contributed by atoms with Gasteiger partial charge in [-0.05, 0) is 36.2 Å². The number of aromatic nitrogens is 2. The summed E-state index contributed by atoms with van der Waals surface area (Å²) >= 11 is 0.633. The molecule has 0 aliphatic rings. The van der Waals surface area contributed by atoms with E-state index in [0.29, 0.717) is 23.5 Å². The van der Waals surface area contributed by atoms with Crippen molar-refractivity contribution < 1.29 is 36.2 Å². The summed E-state index contributed by atoms with van der Waals surface area (Å²) in [6.07, 6.45) is -10.5. The summed E-state index contributed by atoms with van der Waals surface area (Å²) in [6.45, 7) is 1.36. The highest BCUT2D eigenvalue weighted by atomic mass is 32.1. The zero-order chi connectivity index (χ0) is 21.7. The molecule has 0 aliphatic heterocycles. The highest BCUT2D eigenvalue weighted by Gasteiger charge is 2.36. The second-order valence-corrected chi connectivity index (χ2v) is 7.13. The van der Waals surface area contributed by atoms with Crippen molar-refractivity contribution in [1.82, 2.24) is 9.97 Å². The number of carbonyl (C=O) groups excluding carboxylic acids is 1. The van der Waals surface area contributed by atoms with E-state index in [2.05, 4.69) is 9.97 Å². The average molecular weight is 435 g/mol. The number of carboxylic acid groups (broad SMARTS) is 1. The predicted molar refractivity (Wildman–Crippen MR) is 88.6 cm³/mol. The van der Waals surface area contributed by atoms with E-state index in [-0.39, 0.29) is 38.1 Å². The number of thiophene rings is 1. The van der Waals surface area contributed by atoms with Crippen LogP contribution in [0.3, 0.4) is 0 Å². The Morgan fingerprint density at radius 1 is 1.10 bits per heavy atom. The van der Waals surface area contributed by atoms with Crippen molar-refractivity contribution in [2.45, 2.75) is 25.7 Å². The van der Waals surface area contributed by atoms with Gasteiger partial charge in [-0.1, -0.05) is 0 Å². The van der Waals surface area contributed by atoms with Crippen LogP contribution >= 0.6 is 11.3 Å². The van der Waals surface area contributed by atoms with E-state index in [1.807, 2.05) is 0 Å². The number of carboxylic acids is 1.